The molecule has 0 saturated heterocycles. The minimum Gasteiger partial charge on any atom is -0.454 e. The molecule has 0 aliphatic heterocycles. The predicted molar refractivity (Wildman–Crippen MR) is 78.1 cm³/mol. The molecule has 0 aliphatic carbocycles. The Balaban J connectivity index is 2.31. The van der Waals surface area contributed by atoms with Gasteiger partial charge in [0.2, 0.25) is 5.82 Å². The van der Waals surface area contributed by atoms with Crippen LogP contribution in [0.3, 0.4) is 0 Å². The zero-order valence-corrected chi connectivity index (χ0v) is 12.5. The topological polar surface area (TPSA) is 35.2 Å². The van der Waals surface area contributed by atoms with E-state index in [1.54, 1.807) is 6.07 Å². The molecule has 2 N–H and O–H groups in total. The number of nitrogens with two attached hydrogens (primary N) is 1. The van der Waals surface area contributed by atoms with E-state index in [0.29, 0.717) is 16.8 Å². The highest BCUT2D eigenvalue weighted by atomic mass is 79.9. The first kappa shape index (κ1) is 14.9. The second-order valence-electron chi connectivity index (χ2n) is 4.44. The van der Waals surface area contributed by atoms with Gasteiger partial charge in [-0.15, -0.1) is 0 Å². The van der Waals surface area contributed by atoms with E-state index in [1.165, 1.54) is 6.07 Å². The van der Waals surface area contributed by atoms with Gasteiger partial charge in [0.05, 0.1) is 0 Å². The van der Waals surface area contributed by atoms with Gasteiger partial charge in [0.15, 0.2) is 11.6 Å². The van der Waals surface area contributed by atoms with Crippen LogP contribution in [0.25, 0.3) is 0 Å². The maximum absolute atomic E-state index is 13.7. The first-order valence-corrected chi connectivity index (χ1v) is 6.92. The van der Waals surface area contributed by atoms with Crippen molar-refractivity contribution in [1.82, 2.24) is 0 Å². The van der Waals surface area contributed by atoms with Gasteiger partial charge in [0.25, 0.3) is 0 Å². The van der Waals surface area contributed by atoms with E-state index in [9.17, 15) is 8.78 Å². The molecule has 0 saturated carbocycles. The zero-order chi connectivity index (χ0) is 14.7. The van der Waals surface area contributed by atoms with Crippen LogP contribution in [0.5, 0.6) is 11.5 Å². The number of halogens is 3. The number of rotatable bonds is 4. The summed E-state index contributed by atoms with van der Waals surface area (Å²) in [7, 11) is 0. The van der Waals surface area contributed by atoms with Crippen molar-refractivity contribution in [1.29, 1.82) is 0 Å². The quantitative estimate of drug-likeness (QED) is 0.840. The van der Waals surface area contributed by atoms with Crippen LogP contribution in [-0.2, 0) is 6.42 Å². The van der Waals surface area contributed by atoms with E-state index in [-0.39, 0.29) is 5.75 Å². The second-order valence-corrected chi connectivity index (χ2v) is 5.36. The lowest BCUT2D eigenvalue weighted by atomic mass is 10.1. The zero-order valence-electron chi connectivity index (χ0n) is 10.9. The molecule has 0 fully saturated rings. The fraction of sp³-hybridized carbons (Fsp3) is 0.200. The summed E-state index contributed by atoms with van der Waals surface area (Å²) >= 11 is 3.11. The Morgan fingerprint density at radius 2 is 1.90 bits per heavy atom. The Labute approximate surface area is 124 Å². The highest BCUT2D eigenvalue weighted by Gasteiger charge is 2.13. The van der Waals surface area contributed by atoms with Gasteiger partial charge in [0, 0.05) is 4.47 Å². The Morgan fingerprint density at radius 1 is 1.15 bits per heavy atom. The number of ether oxygens (including phenoxy) is 1. The number of hydrogen-bond acceptors (Lipinski definition) is 2. The first-order chi connectivity index (χ1) is 9.51. The van der Waals surface area contributed by atoms with Gasteiger partial charge in [-0.05, 0) is 49.2 Å². The second kappa shape index (κ2) is 6.33. The summed E-state index contributed by atoms with van der Waals surface area (Å²) in [5, 5.41) is 0. The molecule has 5 heteroatoms. The molecule has 106 valence electrons. The molecule has 0 amide bonds. The van der Waals surface area contributed by atoms with Gasteiger partial charge in [-0.25, -0.2) is 4.39 Å². The lowest BCUT2D eigenvalue weighted by molar-refractivity contribution is 0.413. The van der Waals surface area contributed by atoms with E-state index in [1.807, 2.05) is 19.1 Å². The highest BCUT2D eigenvalue weighted by Crippen LogP contribution is 2.31. The third kappa shape index (κ3) is 3.35. The van der Waals surface area contributed by atoms with Crippen molar-refractivity contribution in [2.24, 2.45) is 5.73 Å². The molecule has 0 heterocycles. The largest absolute Gasteiger partial charge is 0.454 e. The van der Waals surface area contributed by atoms with E-state index in [0.717, 1.165) is 23.6 Å². The third-order valence-electron chi connectivity index (χ3n) is 2.85. The molecule has 0 unspecified atom stereocenters. The molecule has 0 bridgehead atoms. The van der Waals surface area contributed by atoms with Crippen LogP contribution in [0.1, 0.15) is 11.1 Å². The molecule has 2 rings (SSSR count). The molecule has 20 heavy (non-hydrogen) atoms. The van der Waals surface area contributed by atoms with Crippen LogP contribution in [-0.4, -0.2) is 6.54 Å². The summed E-state index contributed by atoms with van der Waals surface area (Å²) in [5.74, 6) is -1.61. The standard InChI is InChI=1S/C15H14BrF2NO/c1-9-6-10(4-5-19)2-3-13(9)20-14-8-11(16)7-12(17)15(14)18/h2-3,6-8H,4-5,19H2,1H3. The normalized spacial score (nSPS) is 10.7. The minimum atomic E-state index is -1.00. The van der Waals surface area contributed by atoms with Gasteiger partial charge >= 0.3 is 0 Å². The van der Waals surface area contributed by atoms with Crippen molar-refractivity contribution < 1.29 is 13.5 Å². The maximum atomic E-state index is 13.7. The van der Waals surface area contributed by atoms with Crippen LogP contribution < -0.4 is 10.5 Å². The van der Waals surface area contributed by atoms with Gasteiger partial charge in [-0.1, -0.05) is 28.1 Å². The lowest BCUT2D eigenvalue weighted by Gasteiger charge is -2.11. The van der Waals surface area contributed by atoms with Crippen LogP contribution in [0.2, 0.25) is 0 Å². The molecule has 0 aliphatic rings. The Bertz CT molecular complexity index is 632. The van der Waals surface area contributed by atoms with Crippen LogP contribution in [0, 0.1) is 18.6 Å². The fourth-order valence-corrected chi connectivity index (χ4v) is 2.28. The van der Waals surface area contributed by atoms with Gasteiger partial charge in [-0.3, -0.25) is 0 Å². The molecule has 0 radical (unpaired) electrons. The minimum absolute atomic E-state index is 0.147. The molecule has 0 aromatic heterocycles. The van der Waals surface area contributed by atoms with Crippen molar-refractivity contribution in [2.75, 3.05) is 6.54 Å². The molecular formula is C15H14BrF2NO. The monoisotopic (exact) mass is 341 g/mol. The SMILES string of the molecule is Cc1cc(CCN)ccc1Oc1cc(Br)cc(F)c1F. The highest BCUT2D eigenvalue weighted by molar-refractivity contribution is 9.10. The summed E-state index contributed by atoms with van der Waals surface area (Å²) in [6.07, 6.45) is 0.765. The van der Waals surface area contributed by atoms with Gasteiger partial charge in [0.1, 0.15) is 5.75 Å². The number of benzene rings is 2. The summed E-state index contributed by atoms with van der Waals surface area (Å²) in [5.41, 5.74) is 7.42. The maximum Gasteiger partial charge on any atom is 0.201 e. The smallest absolute Gasteiger partial charge is 0.201 e. The molecule has 2 nitrogen and oxygen atoms in total. The fourth-order valence-electron chi connectivity index (χ4n) is 1.87. The average molecular weight is 342 g/mol. The Hall–Kier alpha value is -1.46. The van der Waals surface area contributed by atoms with Gasteiger partial charge in [-0.2, -0.15) is 4.39 Å². The van der Waals surface area contributed by atoms with Crippen molar-refractivity contribution in [2.45, 2.75) is 13.3 Å². The van der Waals surface area contributed by atoms with E-state index >= 15 is 0 Å². The molecule has 2 aromatic rings. The van der Waals surface area contributed by atoms with Gasteiger partial charge < -0.3 is 10.5 Å². The molecule has 0 spiro atoms. The van der Waals surface area contributed by atoms with E-state index in [2.05, 4.69) is 15.9 Å². The van der Waals surface area contributed by atoms with Crippen LogP contribution in [0.4, 0.5) is 8.78 Å². The van der Waals surface area contributed by atoms with E-state index in [4.69, 9.17) is 10.5 Å². The summed E-state index contributed by atoms with van der Waals surface area (Å²) in [6, 6.07) is 7.97. The number of aryl methyl sites for hydroxylation is 1. The van der Waals surface area contributed by atoms with Crippen molar-refractivity contribution in [3.8, 4) is 11.5 Å². The van der Waals surface area contributed by atoms with Crippen molar-refractivity contribution >= 4 is 15.9 Å². The number of hydrogen-bond donors (Lipinski definition) is 1. The summed E-state index contributed by atoms with van der Waals surface area (Å²) < 4.78 is 32.8. The summed E-state index contributed by atoms with van der Waals surface area (Å²) in [6.45, 7) is 2.41. The third-order valence-corrected chi connectivity index (χ3v) is 3.31. The van der Waals surface area contributed by atoms with E-state index < -0.39 is 11.6 Å². The predicted octanol–water partition coefficient (Wildman–Crippen LogP) is 4.33. The molecule has 0 atom stereocenters. The molecule has 2 aromatic carbocycles. The summed E-state index contributed by atoms with van der Waals surface area (Å²) in [4.78, 5) is 0. The van der Waals surface area contributed by atoms with Crippen molar-refractivity contribution in [3.05, 3.63) is 57.6 Å². The lowest BCUT2D eigenvalue weighted by Crippen LogP contribution is -2.03. The Kier molecular flexibility index (Phi) is 4.73. The molecular weight excluding hydrogens is 328 g/mol. The average Bonchev–Trinajstić information content (AvgIpc) is 2.38. The van der Waals surface area contributed by atoms with Crippen LogP contribution >= 0.6 is 15.9 Å². The van der Waals surface area contributed by atoms with Crippen molar-refractivity contribution in [3.63, 3.8) is 0 Å². The Morgan fingerprint density at radius 3 is 2.55 bits per heavy atom. The van der Waals surface area contributed by atoms with Crippen LogP contribution in [0.15, 0.2) is 34.8 Å². The first-order valence-electron chi connectivity index (χ1n) is 6.13.